The molecule has 1 aliphatic carbocycles. The predicted octanol–water partition coefficient (Wildman–Crippen LogP) is 2.93. The molecule has 1 heterocycles. The zero-order chi connectivity index (χ0) is 17.3. The smallest absolute Gasteiger partial charge is 0.306 e. The first kappa shape index (κ1) is 17.2. The summed E-state index contributed by atoms with van der Waals surface area (Å²) in [5, 5.41) is 12.0. The van der Waals surface area contributed by atoms with Crippen LogP contribution in [-0.2, 0) is 14.3 Å². The van der Waals surface area contributed by atoms with Crippen LogP contribution in [0.3, 0.4) is 0 Å². The molecule has 2 N–H and O–H groups in total. The molecule has 1 saturated heterocycles. The number of carbonyl (C=O) groups excluding carboxylic acids is 1. The van der Waals surface area contributed by atoms with E-state index in [0.29, 0.717) is 37.9 Å². The van der Waals surface area contributed by atoms with Gasteiger partial charge in [-0.15, -0.1) is 0 Å². The lowest BCUT2D eigenvalue weighted by molar-refractivity contribution is -0.141. The molecule has 0 bridgehead atoms. The van der Waals surface area contributed by atoms with E-state index in [1.165, 1.54) is 12.1 Å². The van der Waals surface area contributed by atoms with Crippen LogP contribution in [0.4, 0.5) is 4.39 Å². The van der Waals surface area contributed by atoms with Crippen LogP contribution in [0.25, 0.3) is 0 Å². The number of carbonyl (C=O) groups is 2. The lowest BCUT2D eigenvalue weighted by Crippen LogP contribution is -2.38. The minimum Gasteiger partial charge on any atom is -0.481 e. The topological polar surface area (TPSA) is 75.6 Å². The second-order valence-electron chi connectivity index (χ2n) is 6.41. The fraction of sp³-hybridized carbons (Fsp3) is 0.529. The molecule has 1 aromatic rings. The minimum atomic E-state index is -0.814. The summed E-state index contributed by atoms with van der Waals surface area (Å²) in [6.45, 7) is 0.426. The van der Waals surface area contributed by atoms with Gasteiger partial charge in [0.25, 0.3) is 0 Å². The maximum absolute atomic E-state index is 13.7. The number of halogens is 2. The average Bonchev–Trinajstić information content (AvgIpc) is 3.19. The molecule has 1 amide bonds. The Kier molecular flexibility index (Phi) is 5.06. The number of aliphatic carboxylic acids is 1. The average molecular weight is 356 g/mol. The summed E-state index contributed by atoms with van der Waals surface area (Å²) < 4.78 is 19.3. The third-order valence-electron chi connectivity index (χ3n) is 4.83. The number of hydrogen-bond acceptors (Lipinski definition) is 3. The molecule has 24 heavy (non-hydrogen) atoms. The first-order chi connectivity index (χ1) is 11.5. The van der Waals surface area contributed by atoms with Gasteiger partial charge in [-0.05, 0) is 43.4 Å². The van der Waals surface area contributed by atoms with Crippen molar-refractivity contribution < 1.29 is 23.8 Å². The quantitative estimate of drug-likeness (QED) is 0.870. The first-order valence-corrected chi connectivity index (χ1v) is 8.43. The number of rotatable bonds is 4. The van der Waals surface area contributed by atoms with Crippen molar-refractivity contribution in [2.75, 3.05) is 6.61 Å². The Labute approximate surface area is 144 Å². The SMILES string of the molecule is O=C(O)[C@H]1CC[C@@H](NC(=O)[C@@H]2CCO[C@H]2c2ccc(Cl)c(F)c2)C1. The molecule has 1 saturated carbocycles. The molecule has 5 nitrogen and oxygen atoms in total. The Morgan fingerprint density at radius 1 is 1.29 bits per heavy atom. The monoisotopic (exact) mass is 355 g/mol. The van der Waals surface area contributed by atoms with Gasteiger partial charge in [-0.2, -0.15) is 0 Å². The van der Waals surface area contributed by atoms with Crippen LogP contribution in [0, 0.1) is 17.7 Å². The van der Waals surface area contributed by atoms with E-state index in [2.05, 4.69) is 5.32 Å². The van der Waals surface area contributed by atoms with Crippen LogP contribution in [0.15, 0.2) is 18.2 Å². The van der Waals surface area contributed by atoms with Crippen molar-refractivity contribution in [1.82, 2.24) is 5.32 Å². The van der Waals surface area contributed by atoms with Crippen LogP contribution in [0.5, 0.6) is 0 Å². The second-order valence-corrected chi connectivity index (χ2v) is 6.82. The highest BCUT2D eigenvalue weighted by Gasteiger charge is 2.38. The van der Waals surface area contributed by atoms with E-state index in [1.54, 1.807) is 6.07 Å². The normalized spacial score (nSPS) is 29.6. The van der Waals surface area contributed by atoms with Crippen molar-refractivity contribution >= 4 is 23.5 Å². The van der Waals surface area contributed by atoms with E-state index < -0.39 is 29.7 Å². The van der Waals surface area contributed by atoms with E-state index in [9.17, 15) is 14.0 Å². The Bertz CT molecular complexity index is 653. The number of hydrogen-bond donors (Lipinski definition) is 2. The Hall–Kier alpha value is -1.66. The third-order valence-corrected chi connectivity index (χ3v) is 5.14. The van der Waals surface area contributed by atoms with Gasteiger partial charge in [-0.3, -0.25) is 9.59 Å². The maximum atomic E-state index is 13.7. The Morgan fingerprint density at radius 2 is 2.08 bits per heavy atom. The van der Waals surface area contributed by atoms with Gasteiger partial charge in [0.1, 0.15) is 5.82 Å². The van der Waals surface area contributed by atoms with Gasteiger partial charge in [0.05, 0.1) is 23.0 Å². The fourth-order valence-electron chi connectivity index (χ4n) is 3.52. The molecule has 1 aromatic carbocycles. The number of carboxylic acid groups (broad SMARTS) is 1. The van der Waals surface area contributed by atoms with Gasteiger partial charge in [-0.25, -0.2) is 4.39 Å². The lowest BCUT2D eigenvalue weighted by atomic mass is 9.94. The van der Waals surface area contributed by atoms with E-state index in [1.807, 2.05) is 0 Å². The van der Waals surface area contributed by atoms with Gasteiger partial charge >= 0.3 is 5.97 Å². The first-order valence-electron chi connectivity index (χ1n) is 8.05. The van der Waals surface area contributed by atoms with Gasteiger partial charge in [0.15, 0.2) is 0 Å². The molecule has 4 atom stereocenters. The standard InChI is InChI=1S/C17H19ClFNO4/c18-13-4-2-9(8-14(13)19)15-12(5-6-24-15)16(21)20-11-3-1-10(7-11)17(22)23/h2,4,8,10-12,15H,1,3,5-7H2,(H,20,21)(H,22,23)/t10-,11+,12+,15-/m0/s1. The van der Waals surface area contributed by atoms with Gasteiger partial charge < -0.3 is 15.2 Å². The maximum Gasteiger partial charge on any atom is 0.306 e. The second kappa shape index (κ2) is 7.07. The summed E-state index contributed by atoms with van der Waals surface area (Å²) in [5.41, 5.74) is 0.587. The molecule has 1 aliphatic heterocycles. The van der Waals surface area contributed by atoms with Crippen LogP contribution >= 0.6 is 11.6 Å². The Balaban J connectivity index is 1.65. The zero-order valence-electron chi connectivity index (χ0n) is 13.0. The van der Waals surface area contributed by atoms with Crippen molar-refractivity contribution in [2.45, 2.75) is 37.8 Å². The number of ether oxygens (including phenoxy) is 1. The summed E-state index contributed by atoms with van der Waals surface area (Å²) in [7, 11) is 0. The van der Waals surface area contributed by atoms with Crippen LogP contribution in [-0.4, -0.2) is 29.6 Å². The van der Waals surface area contributed by atoms with E-state index in [0.717, 1.165) is 0 Å². The molecule has 0 radical (unpaired) electrons. The van der Waals surface area contributed by atoms with E-state index in [4.69, 9.17) is 21.4 Å². The zero-order valence-corrected chi connectivity index (χ0v) is 13.8. The number of benzene rings is 1. The van der Waals surface area contributed by atoms with Crippen LogP contribution in [0.1, 0.15) is 37.4 Å². The summed E-state index contributed by atoms with van der Waals surface area (Å²) in [5.74, 6) is -2.32. The molecular weight excluding hydrogens is 337 g/mol. The molecule has 2 fully saturated rings. The Morgan fingerprint density at radius 3 is 2.75 bits per heavy atom. The van der Waals surface area contributed by atoms with Gasteiger partial charge in [0.2, 0.25) is 5.91 Å². The van der Waals surface area contributed by atoms with E-state index >= 15 is 0 Å². The van der Waals surface area contributed by atoms with Crippen LogP contribution in [0.2, 0.25) is 5.02 Å². The fourth-order valence-corrected chi connectivity index (χ4v) is 3.64. The third kappa shape index (κ3) is 3.54. The highest BCUT2D eigenvalue weighted by molar-refractivity contribution is 6.30. The van der Waals surface area contributed by atoms with Crippen molar-refractivity contribution in [3.8, 4) is 0 Å². The summed E-state index contributed by atoms with van der Waals surface area (Å²) in [4.78, 5) is 23.6. The molecule has 0 aromatic heterocycles. The minimum absolute atomic E-state index is 0.0309. The molecule has 7 heteroatoms. The van der Waals surface area contributed by atoms with Crippen LogP contribution < -0.4 is 5.32 Å². The highest BCUT2D eigenvalue weighted by atomic mass is 35.5. The largest absolute Gasteiger partial charge is 0.481 e. The summed E-state index contributed by atoms with van der Waals surface area (Å²) >= 11 is 5.70. The number of carboxylic acids is 1. The van der Waals surface area contributed by atoms with Crippen molar-refractivity contribution in [1.29, 1.82) is 0 Å². The molecule has 0 unspecified atom stereocenters. The lowest BCUT2D eigenvalue weighted by Gasteiger charge is -2.21. The number of amides is 1. The summed E-state index contributed by atoms with van der Waals surface area (Å²) in [6, 6.07) is 4.30. The van der Waals surface area contributed by atoms with Crippen molar-refractivity contribution in [3.05, 3.63) is 34.6 Å². The molecule has 2 aliphatic rings. The summed E-state index contributed by atoms with van der Waals surface area (Å²) in [6.07, 6.45) is 1.74. The van der Waals surface area contributed by atoms with Crippen molar-refractivity contribution in [3.63, 3.8) is 0 Å². The predicted molar refractivity (Wildman–Crippen MR) is 85.1 cm³/mol. The molecule has 3 rings (SSSR count). The molecular formula is C17H19ClFNO4. The van der Waals surface area contributed by atoms with Gasteiger partial charge in [0, 0.05) is 12.6 Å². The highest BCUT2D eigenvalue weighted by Crippen LogP contribution is 2.36. The van der Waals surface area contributed by atoms with E-state index in [-0.39, 0.29) is 17.0 Å². The molecule has 130 valence electrons. The van der Waals surface area contributed by atoms with Crippen molar-refractivity contribution in [2.24, 2.45) is 11.8 Å². The molecule has 0 spiro atoms. The van der Waals surface area contributed by atoms with Gasteiger partial charge in [-0.1, -0.05) is 17.7 Å². The number of nitrogens with one attached hydrogen (secondary N) is 1.